The second-order valence-electron chi connectivity index (χ2n) is 19.4. The third-order valence-electron chi connectivity index (χ3n) is 15.2. The second kappa shape index (κ2) is 19.1. The van der Waals surface area contributed by atoms with Crippen molar-refractivity contribution >= 4 is 128 Å². The molecule has 0 radical (unpaired) electrons. The number of hydrogen-bond donors (Lipinski definition) is 1. The van der Waals surface area contributed by atoms with Gasteiger partial charge in [0.05, 0.1) is 34.1 Å². The summed E-state index contributed by atoms with van der Waals surface area (Å²) in [7, 11) is 4.38. The van der Waals surface area contributed by atoms with Crippen molar-refractivity contribution in [1.29, 1.82) is 0 Å². The summed E-state index contributed by atoms with van der Waals surface area (Å²) in [5.41, 5.74) is 2.81. The number of methoxy groups -OCH3 is 4. The van der Waals surface area contributed by atoms with Gasteiger partial charge in [0.25, 0.3) is 0 Å². The third kappa shape index (κ3) is 7.72. The molecular weight excluding hydrogens is 966 g/mol. The van der Waals surface area contributed by atoms with Gasteiger partial charge in [-0.25, -0.2) is 0 Å². The number of ether oxygens (including phenoxy) is 4. The first kappa shape index (κ1) is 46.8. The zero-order valence-corrected chi connectivity index (χ0v) is 43.5. The van der Waals surface area contributed by atoms with Crippen LogP contribution in [0.15, 0.2) is 184 Å². The minimum atomic E-state index is -2.39. The minimum Gasteiger partial charge on any atom is -0.496 e. The summed E-state index contributed by atoms with van der Waals surface area (Å²) in [5.74, 6) is 3.18. The zero-order valence-electron chi connectivity index (χ0n) is 42.7. The lowest BCUT2D eigenvalue weighted by Crippen LogP contribution is -2.12. The van der Waals surface area contributed by atoms with Gasteiger partial charge < -0.3 is 37.2 Å². The van der Waals surface area contributed by atoms with Gasteiger partial charge in [0, 0.05) is 60.3 Å². The maximum Gasteiger partial charge on any atom is 0.453 e. The van der Waals surface area contributed by atoms with Gasteiger partial charge >= 0.3 is 8.24 Å². The van der Waals surface area contributed by atoms with Crippen LogP contribution in [-0.4, -0.2) is 34.3 Å². The van der Waals surface area contributed by atoms with Crippen molar-refractivity contribution in [2.24, 2.45) is 0 Å². The highest BCUT2D eigenvalue weighted by Crippen LogP contribution is 2.53. The van der Waals surface area contributed by atoms with Crippen LogP contribution in [0, 0.1) is 0 Å². The molecule has 76 heavy (non-hydrogen) atoms. The van der Waals surface area contributed by atoms with Crippen LogP contribution in [0.3, 0.4) is 0 Å². The van der Waals surface area contributed by atoms with Gasteiger partial charge in [0.15, 0.2) is 16.9 Å². The first-order chi connectivity index (χ1) is 37.3. The molecule has 0 bridgehead atoms. The molecule has 374 valence electrons. The molecule has 13 rings (SSSR count). The molecule has 0 aliphatic carbocycles. The van der Waals surface area contributed by atoms with Crippen LogP contribution in [0.1, 0.15) is 37.7 Å². The van der Waals surface area contributed by atoms with E-state index in [0.29, 0.717) is 68.7 Å². The summed E-state index contributed by atoms with van der Waals surface area (Å²) >= 11 is 0. The summed E-state index contributed by atoms with van der Waals surface area (Å²) < 4.78 is 47.4. The second-order valence-corrected chi connectivity index (χ2v) is 20.4. The fraction of sp³-hybridized carbons (Fsp3) is 0.136. The molecule has 1 heterocycles. The van der Waals surface area contributed by atoms with Gasteiger partial charge in [0.1, 0.15) is 23.0 Å². The molecule has 10 heteroatoms. The van der Waals surface area contributed by atoms with Crippen molar-refractivity contribution in [1.82, 2.24) is 0 Å². The summed E-state index contributed by atoms with van der Waals surface area (Å²) in [5, 5.41) is 19.9. The maximum absolute atomic E-state index is 13.9. The predicted molar refractivity (Wildman–Crippen MR) is 312 cm³/mol. The standard InChI is InChI=1S/C66H52NO8P/c1-38(39-17-7-6-8-18-39)16-15-25-58(68)67-52-23-13-14-24-53(52)73-76-74-65-48(34-56(71-4)50-36-54(69-2)46-32-30-42-28-26-40-19-9-11-21-44(40)59(42)61(46)63(50)65)49-35-57(72-5)51-37-55(70-3)47-33-31-43-29-27-41-20-10-12-22-45(41)60(43)62(47)64(51)66(49)75-76/h6-14,17-24,26-38H,15-16,25H2,1-5H3,(H,67,68)/t38-/m1/s1. The van der Waals surface area contributed by atoms with Crippen LogP contribution in [0.25, 0.3) is 108 Å². The molecule has 0 spiro atoms. The third-order valence-corrected chi connectivity index (χ3v) is 16.2. The Morgan fingerprint density at radius 2 is 0.895 bits per heavy atom. The maximum atomic E-state index is 13.9. The average Bonchev–Trinajstić information content (AvgIpc) is 3.80. The highest BCUT2D eigenvalue weighted by Gasteiger charge is 2.26. The molecule has 0 saturated carbocycles. The molecule has 0 unspecified atom stereocenters. The lowest BCUT2D eigenvalue weighted by molar-refractivity contribution is -0.116. The van der Waals surface area contributed by atoms with Crippen LogP contribution in [0.4, 0.5) is 5.69 Å². The molecule has 0 fully saturated rings. The first-order valence-corrected chi connectivity index (χ1v) is 26.6. The van der Waals surface area contributed by atoms with E-state index in [9.17, 15) is 4.79 Å². The molecular formula is C66H52NO8P. The Bertz CT molecular complexity index is 4320. The zero-order chi connectivity index (χ0) is 51.6. The molecule has 1 atom stereocenters. The van der Waals surface area contributed by atoms with Crippen LogP contribution in [0.5, 0.6) is 28.7 Å². The van der Waals surface area contributed by atoms with Crippen molar-refractivity contribution in [3.63, 3.8) is 0 Å². The van der Waals surface area contributed by atoms with Gasteiger partial charge in [-0.15, -0.1) is 0 Å². The smallest absolute Gasteiger partial charge is 0.453 e. The van der Waals surface area contributed by atoms with E-state index in [2.05, 4.69) is 134 Å². The molecule has 0 saturated heterocycles. The Labute approximate surface area is 438 Å². The number of para-hydroxylation sites is 2. The Morgan fingerprint density at radius 1 is 0.447 bits per heavy atom. The molecule has 0 aliphatic heterocycles. The molecule has 1 amide bonds. The number of fused-ring (bicyclic) bond motifs is 19. The van der Waals surface area contributed by atoms with E-state index in [1.165, 1.54) is 5.56 Å². The Hall–Kier alpha value is -8.91. The lowest BCUT2D eigenvalue weighted by atomic mass is 9.90. The number of amides is 1. The first-order valence-electron chi connectivity index (χ1n) is 25.5. The van der Waals surface area contributed by atoms with Gasteiger partial charge in [-0.1, -0.05) is 134 Å². The average molecular weight is 1020 g/mol. The molecule has 12 aromatic carbocycles. The Kier molecular flexibility index (Phi) is 11.8. The number of nitrogens with one attached hydrogen (secondary N) is 1. The summed E-state index contributed by atoms with van der Waals surface area (Å²) in [6.07, 6.45) is 1.93. The van der Waals surface area contributed by atoms with Crippen LogP contribution >= 0.6 is 8.24 Å². The number of anilines is 1. The molecule has 1 N–H and O–H groups in total. The summed E-state index contributed by atoms with van der Waals surface area (Å²) in [4.78, 5) is 13.9. The molecule has 1 aromatic heterocycles. The number of hydrogen-bond acceptors (Lipinski definition) is 8. The van der Waals surface area contributed by atoms with E-state index in [0.717, 1.165) is 99.0 Å². The topological polar surface area (TPSA) is 102 Å². The van der Waals surface area contributed by atoms with Gasteiger partial charge in [0.2, 0.25) is 5.91 Å². The quantitative estimate of drug-likeness (QED) is 0.121. The monoisotopic (exact) mass is 1020 g/mol. The van der Waals surface area contributed by atoms with E-state index >= 15 is 0 Å². The summed E-state index contributed by atoms with van der Waals surface area (Å²) in [6, 6.07) is 60.0. The van der Waals surface area contributed by atoms with Crippen molar-refractivity contribution in [2.45, 2.75) is 32.1 Å². The minimum absolute atomic E-state index is 0.113. The Morgan fingerprint density at radius 3 is 1.43 bits per heavy atom. The number of rotatable bonds is 12. The van der Waals surface area contributed by atoms with Crippen molar-refractivity contribution in [2.75, 3.05) is 33.8 Å². The van der Waals surface area contributed by atoms with E-state index in [-0.39, 0.29) is 5.91 Å². The van der Waals surface area contributed by atoms with E-state index < -0.39 is 8.24 Å². The van der Waals surface area contributed by atoms with Crippen molar-refractivity contribution < 1.29 is 36.7 Å². The molecule has 0 aliphatic rings. The Balaban J connectivity index is 1.15. The van der Waals surface area contributed by atoms with Crippen LogP contribution < -0.4 is 28.8 Å². The van der Waals surface area contributed by atoms with Crippen LogP contribution in [-0.2, 0) is 4.79 Å². The van der Waals surface area contributed by atoms with Crippen molar-refractivity contribution in [3.8, 4) is 28.7 Å². The fourth-order valence-electron chi connectivity index (χ4n) is 11.6. The number of benzene rings is 12. The van der Waals surface area contributed by atoms with E-state index in [1.807, 2.05) is 54.6 Å². The highest BCUT2D eigenvalue weighted by atomic mass is 31.1. The molecule has 9 nitrogen and oxygen atoms in total. The van der Waals surface area contributed by atoms with Crippen molar-refractivity contribution in [3.05, 3.63) is 181 Å². The summed E-state index contributed by atoms with van der Waals surface area (Å²) in [6.45, 7) is 2.20. The van der Waals surface area contributed by atoms with E-state index in [1.54, 1.807) is 28.4 Å². The van der Waals surface area contributed by atoms with Gasteiger partial charge in [-0.05, 0) is 116 Å². The number of carbonyl (C=O) groups excluding carboxylic acids is 1. The van der Waals surface area contributed by atoms with E-state index in [4.69, 9.17) is 31.9 Å². The largest absolute Gasteiger partial charge is 0.496 e. The fourth-order valence-corrected chi connectivity index (χ4v) is 12.7. The highest BCUT2D eigenvalue weighted by molar-refractivity contribution is 7.32. The van der Waals surface area contributed by atoms with Gasteiger partial charge in [-0.3, -0.25) is 4.79 Å². The predicted octanol–water partition coefficient (Wildman–Crippen LogP) is 18.3. The lowest BCUT2D eigenvalue weighted by Gasteiger charge is -2.17. The van der Waals surface area contributed by atoms with Crippen LogP contribution in [0.2, 0.25) is 0 Å². The normalized spacial score (nSPS) is 12.2. The molecule has 13 aromatic rings. The van der Waals surface area contributed by atoms with Gasteiger partial charge in [-0.2, -0.15) is 0 Å². The SMILES string of the molecule is COc1cc2c3cc(OC)c4cc(OC)c5ccc6ccc7ccccc7c6c5c4c3op(Oc3ccccc3NC(=O)CCC[C@@H](C)c3ccccc3)oc2c2c1cc(OC)c1ccc3ccc4ccccc4c3c12. The number of carbonyl (C=O) groups is 1.